The number of fused-ring (bicyclic) bond motifs is 1. The van der Waals surface area contributed by atoms with E-state index in [9.17, 15) is 4.79 Å². The quantitative estimate of drug-likeness (QED) is 0.485. The van der Waals surface area contributed by atoms with E-state index in [-0.39, 0.29) is 11.7 Å². The van der Waals surface area contributed by atoms with Crippen LogP contribution >= 0.6 is 0 Å². The van der Waals surface area contributed by atoms with E-state index in [2.05, 4.69) is 26.7 Å². The molecule has 144 valence electrons. The van der Waals surface area contributed by atoms with Crippen molar-refractivity contribution in [2.75, 3.05) is 10.6 Å². The molecule has 0 saturated carbocycles. The van der Waals surface area contributed by atoms with Crippen LogP contribution in [0.4, 0.5) is 17.2 Å². The van der Waals surface area contributed by atoms with E-state index in [0.29, 0.717) is 11.3 Å². The Morgan fingerprint density at radius 1 is 0.759 bits per heavy atom. The smallest absolute Gasteiger partial charge is 0.293 e. The van der Waals surface area contributed by atoms with Crippen LogP contribution in [0.5, 0.6) is 0 Å². The van der Waals surface area contributed by atoms with E-state index in [4.69, 9.17) is 0 Å². The van der Waals surface area contributed by atoms with Crippen molar-refractivity contribution in [3.05, 3.63) is 89.2 Å². The molecule has 0 radical (unpaired) electrons. The van der Waals surface area contributed by atoms with Gasteiger partial charge in [0.25, 0.3) is 5.91 Å². The normalized spacial score (nSPS) is 10.7. The number of hydrogen-bond acceptors (Lipinski definition) is 4. The van der Waals surface area contributed by atoms with Crippen molar-refractivity contribution in [1.82, 2.24) is 9.97 Å². The lowest BCUT2D eigenvalue weighted by molar-refractivity contribution is 0.101. The lowest BCUT2D eigenvalue weighted by Gasteiger charge is -2.12. The molecule has 3 aromatic carbocycles. The van der Waals surface area contributed by atoms with Gasteiger partial charge in [-0.1, -0.05) is 35.9 Å². The molecule has 4 aromatic rings. The summed E-state index contributed by atoms with van der Waals surface area (Å²) < 4.78 is 0. The topological polar surface area (TPSA) is 66.9 Å². The van der Waals surface area contributed by atoms with Crippen LogP contribution < -0.4 is 10.6 Å². The fourth-order valence-electron chi connectivity index (χ4n) is 3.28. The van der Waals surface area contributed by atoms with Crippen LogP contribution in [-0.4, -0.2) is 15.9 Å². The fraction of sp³-hybridized carbons (Fsp3) is 0.125. The number of nitrogens with zero attached hydrogens (tertiary/aromatic N) is 2. The van der Waals surface area contributed by atoms with Crippen molar-refractivity contribution in [1.29, 1.82) is 0 Å². The molecule has 5 nitrogen and oxygen atoms in total. The summed E-state index contributed by atoms with van der Waals surface area (Å²) in [5.41, 5.74) is 5.69. The molecule has 5 heteroatoms. The first-order valence-corrected chi connectivity index (χ1v) is 9.48. The van der Waals surface area contributed by atoms with Gasteiger partial charge in [-0.2, -0.15) is 0 Å². The predicted molar refractivity (Wildman–Crippen MR) is 118 cm³/mol. The zero-order chi connectivity index (χ0) is 20.4. The van der Waals surface area contributed by atoms with Gasteiger partial charge in [0.05, 0.1) is 5.52 Å². The van der Waals surface area contributed by atoms with Crippen LogP contribution in [-0.2, 0) is 0 Å². The molecule has 0 fully saturated rings. The molecule has 0 aliphatic carbocycles. The Morgan fingerprint density at radius 3 is 2.17 bits per heavy atom. The summed E-state index contributed by atoms with van der Waals surface area (Å²) in [6.07, 6.45) is 0. The molecule has 29 heavy (non-hydrogen) atoms. The maximum Gasteiger partial charge on any atom is 0.293 e. The third-order valence-corrected chi connectivity index (χ3v) is 4.60. The predicted octanol–water partition coefficient (Wildman–Crippen LogP) is 5.55. The first-order chi connectivity index (χ1) is 14.0. The Morgan fingerprint density at radius 2 is 1.45 bits per heavy atom. The van der Waals surface area contributed by atoms with E-state index < -0.39 is 0 Å². The van der Waals surface area contributed by atoms with Crippen molar-refractivity contribution in [3.8, 4) is 0 Å². The highest BCUT2D eigenvalue weighted by atomic mass is 16.2. The Bertz CT molecular complexity index is 1180. The number of anilines is 3. The first kappa shape index (κ1) is 18.6. The molecular weight excluding hydrogens is 360 g/mol. The molecule has 0 atom stereocenters. The number of aryl methyl sites for hydroxylation is 3. The first-order valence-electron chi connectivity index (χ1n) is 9.48. The largest absolute Gasteiger partial charge is 0.340 e. The van der Waals surface area contributed by atoms with Crippen LogP contribution in [0.3, 0.4) is 0 Å². The Labute approximate surface area is 169 Å². The molecule has 1 aromatic heterocycles. The maximum absolute atomic E-state index is 12.9. The van der Waals surface area contributed by atoms with Crippen LogP contribution in [0.15, 0.2) is 66.7 Å². The van der Waals surface area contributed by atoms with Gasteiger partial charge in [0.2, 0.25) is 5.82 Å². The Balaban J connectivity index is 1.70. The van der Waals surface area contributed by atoms with Crippen LogP contribution in [0, 0.1) is 20.8 Å². The summed E-state index contributed by atoms with van der Waals surface area (Å²) in [6, 6.07) is 21.6. The number of nitrogens with one attached hydrogen (secondary N) is 2. The standard InChI is InChI=1S/C24H22N4O/c1-15-8-10-18(11-9-15)25-22-20-6-4-5-7-21(20)27-23(28-22)24(29)26-19-13-16(2)12-17(3)14-19/h4-14H,1-3H3,(H,26,29)(H,25,27,28). The van der Waals surface area contributed by atoms with Gasteiger partial charge >= 0.3 is 0 Å². The molecule has 0 aliphatic heterocycles. The molecule has 0 saturated heterocycles. The zero-order valence-corrected chi connectivity index (χ0v) is 16.7. The zero-order valence-electron chi connectivity index (χ0n) is 16.7. The summed E-state index contributed by atoms with van der Waals surface area (Å²) >= 11 is 0. The molecule has 1 amide bonds. The number of amides is 1. The van der Waals surface area contributed by atoms with Gasteiger partial charge < -0.3 is 10.6 Å². The van der Waals surface area contributed by atoms with Gasteiger partial charge in [0, 0.05) is 16.8 Å². The summed E-state index contributed by atoms with van der Waals surface area (Å²) in [4.78, 5) is 21.9. The van der Waals surface area contributed by atoms with Gasteiger partial charge in [-0.25, -0.2) is 9.97 Å². The minimum atomic E-state index is -0.340. The van der Waals surface area contributed by atoms with Crippen LogP contribution in [0.1, 0.15) is 27.3 Å². The van der Waals surface area contributed by atoms with Gasteiger partial charge in [0.15, 0.2) is 0 Å². The summed E-state index contributed by atoms with van der Waals surface area (Å²) in [7, 11) is 0. The molecular formula is C24H22N4O. The lowest BCUT2D eigenvalue weighted by Crippen LogP contribution is -2.17. The number of hydrogen-bond donors (Lipinski definition) is 2. The van der Waals surface area contributed by atoms with E-state index >= 15 is 0 Å². The number of carbonyl (C=O) groups excluding carboxylic acids is 1. The molecule has 2 N–H and O–H groups in total. The fourth-order valence-corrected chi connectivity index (χ4v) is 3.28. The Hall–Kier alpha value is -3.73. The molecule has 0 bridgehead atoms. The molecule has 0 spiro atoms. The molecule has 4 rings (SSSR count). The summed E-state index contributed by atoms with van der Waals surface area (Å²) in [6.45, 7) is 6.04. The second kappa shape index (κ2) is 7.72. The van der Waals surface area contributed by atoms with Crippen molar-refractivity contribution in [2.45, 2.75) is 20.8 Å². The van der Waals surface area contributed by atoms with Gasteiger partial charge in [-0.15, -0.1) is 0 Å². The SMILES string of the molecule is Cc1ccc(Nc2nc(C(=O)Nc3cc(C)cc(C)c3)nc3ccccc23)cc1. The number of carbonyl (C=O) groups is 1. The monoisotopic (exact) mass is 382 g/mol. The van der Waals surface area contributed by atoms with Crippen molar-refractivity contribution >= 4 is 34.0 Å². The summed E-state index contributed by atoms with van der Waals surface area (Å²) in [5.74, 6) is 0.384. The second-order valence-electron chi connectivity index (χ2n) is 7.23. The van der Waals surface area contributed by atoms with Gasteiger partial charge in [-0.3, -0.25) is 4.79 Å². The maximum atomic E-state index is 12.9. The van der Waals surface area contributed by atoms with E-state index in [1.807, 2.05) is 81.4 Å². The Kier molecular flexibility index (Phi) is 4.96. The van der Waals surface area contributed by atoms with Gasteiger partial charge in [-0.05, 0) is 68.3 Å². The molecule has 0 aliphatic rings. The molecule has 0 unspecified atom stereocenters. The average molecular weight is 382 g/mol. The number of aromatic nitrogens is 2. The highest BCUT2D eigenvalue weighted by Gasteiger charge is 2.15. The highest BCUT2D eigenvalue weighted by Crippen LogP contribution is 2.24. The van der Waals surface area contributed by atoms with E-state index in [1.54, 1.807) is 0 Å². The second-order valence-corrected chi connectivity index (χ2v) is 7.23. The van der Waals surface area contributed by atoms with Crippen LogP contribution in [0.2, 0.25) is 0 Å². The van der Waals surface area contributed by atoms with Crippen molar-refractivity contribution in [3.63, 3.8) is 0 Å². The van der Waals surface area contributed by atoms with Crippen molar-refractivity contribution < 1.29 is 4.79 Å². The van der Waals surface area contributed by atoms with Gasteiger partial charge in [0.1, 0.15) is 5.82 Å². The van der Waals surface area contributed by atoms with Crippen LogP contribution in [0.25, 0.3) is 10.9 Å². The third kappa shape index (κ3) is 4.24. The van der Waals surface area contributed by atoms with E-state index in [0.717, 1.165) is 27.9 Å². The van der Waals surface area contributed by atoms with E-state index in [1.165, 1.54) is 5.56 Å². The number of benzene rings is 3. The minimum absolute atomic E-state index is 0.123. The molecule has 1 heterocycles. The third-order valence-electron chi connectivity index (χ3n) is 4.60. The average Bonchev–Trinajstić information content (AvgIpc) is 2.69. The highest BCUT2D eigenvalue weighted by molar-refractivity contribution is 6.04. The minimum Gasteiger partial charge on any atom is -0.340 e. The number of rotatable bonds is 4. The summed E-state index contributed by atoms with van der Waals surface area (Å²) in [5, 5.41) is 7.09. The lowest BCUT2D eigenvalue weighted by atomic mass is 10.1. The number of para-hydroxylation sites is 1. The van der Waals surface area contributed by atoms with Crippen molar-refractivity contribution in [2.24, 2.45) is 0 Å².